The SMILES string of the molecule is O=C(O)c1ccc2nc(Oc3ccc(-c4cccc(OCc5ccc(Cl)cc5F)n4)cc3)n(CC3CCO3)c2c1. The van der Waals surface area contributed by atoms with Crippen LogP contribution < -0.4 is 9.47 Å². The lowest BCUT2D eigenvalue weighted by atomic mass is 10.1. The molecule has 0 saturated carbocycles. The van der Waals surface area contributed by atoms with E-state index in [0.29, 0.717) is 58.1 Å². The summed E-state index contributed by atoms with van der Waals surface area (Å²) in [7, 11) is 0. The van der Waals surface area contributed by atoms with Crippen LogP contribution in [-0.4, -0.2) is 38.3 Å². The van der Waals surface area contributed by atoms with Crippen molar-refractivity contribution in [1.29, 1.82) is 0 Å². The molecule has 202 valence electrons. The number of pyridine rings is 1. The van der Waals surface area contributed by atoms with E-state index in [1.165, 1.54) is 12.1 Å². The van der Waals surface area contributed by atoms with Crippen molar-refractivity contribution in [3.63, 3.8) is 0 Å². The summed E-state index contributed by atoms with van der Waals surface area (Å²) in [6.45, 7) is 1.23. The molecule has 1 aliphatic rings. The summed E-state index contributed by atoms with van der Waals surface area (Å²) in [4.78, 5) is 20.7. The molecule has 1 atom stereocenters. The minimum Gasteiger partial charge on any atom is -0.478 e. The van der Waals surface area contributed by atoms with Crippen LogP contribution >= 0.6 is 11.6 Å². The number of fused-ring (bicyclic) bond motifs is 1. The van der Waals surface area contributed by atoms with Crippen molar-refractivity contribution in [1.82, 2.24) is 14.5 Å². The number of imidazole rings is 1. The fraction of sp³-hybridized carbons (Fsp3) is 0.167. The maximum absolute atomic E-state index is 14.1. The Bertz CT molecular complexity index is 1700. The minimum atomic E-state index is -1.01. The quantitative estimate of drug-likeness (QED) is 0.213. The van der Waals surface area contributed by atoms with Gasteiger partial charge in [-0.25, -0.2) is 14.2 Å². The van der Waals surface area contributed by atoms with Crippen molar-refractivity contribution in [3.8, 4) is 28.9 Å². The number of hydrogen-bond donors (Lipinski definition) is 1. The van der Waals surface area contributed by atoms with Crippen LogP contribution in [0, 0.1) is 5.82 Å². The Morgan fingerprint density at radius 1 is 1.07 bits per heavy atom. The summed E-state index contributed by atoms with van der Waals surface area (Å²) in [5.41, 5.74) is 3.37. The molecule has 0 bridgehead atoms. The molecule has 1 fully saturated rings. The Balaban J connectivity index is 1.20. The Morgan fingerprint density at radius 3 is 2.62 bits per heavy atom. The van der Waals surface area contributed by atoms with Crippen molar-refractivity contribution >= 4 is 28.6 Å². The van der Waals surface area contributed by atoms with Gasteiger partial charge in [-0.15, -0.1) is 0 Å². The van der Waals surface area contributed by atoms with Gasteiger partial charge in [-0.1, -0.05) is 23.7 Å². The maximum atomic E-state index is 14.1. The van der Waals surface area contributed by atoms with Gasteiger partial charge in [0.1, 0.15) is 18.2 Å². The standard InChI is InChI=1S/C30H23ClFN3O5/c31-21-8-4-20(24(32)15-21)17-39-28-3-1-2-25(33-28)18-5-9-22(10-6-18)40-30-34-26-11-7-19(29(36)37)14-27(26)35(30)16-23-12-13-38-23/h1-11,14-15,23H,12-13,16-17H2,(H,36,37). The number of rotatable bonds is 9. The van der Waals surface area contributed by atoms with Gasteiger partial charge < -0.3 is 19.3 Å². The summed E-state index contributed by atoms with van der Waals surface area (Å²) in [5.74, 6) is -0.526. The van der Waals surface area contributed by atoms with E-state index in [0.717, 1.165) is 12.0 Å². The van der Waals surface area contributed by atoms with Gasteiger partial charge in [-0.05, 0) is 67.1 Å². The second kappa shape index (κ2) is 11.0. The van der Waals surface area contributed by atoms with Gasteiger partial charge in [0.05, 0.1) is 34.9 Å². The van der Waals surface area contributed by atoms with Gasteiger partial charge >= 0.3 is 12.0 Å². The fourth-order valence-corrected chi connectivity index (χ4v) is 4.52. The lowest BCUT2D eigenvalue weighted by molar-refractivity contribution is -0.0593. The first-order chi connectivity index (χ1) is 19.4. The van der Waals surface area contributed by atoms with Crippen LogP contribution in [-0.2, 0) is 17.9 Å². The number of benzene rings is 3. The third-order valence-corrected chi connectivity index (χ3v) is 6.85. The number of carbonyl (C=O) groups is 1. The zero-order valence-electron chi connectivity index (χ0n) is 21.1. The molecule has 0 aliphatic carbocycles. The number of ether oxygens (including phenoxy) is 3. The van der Waals surface area contributed by atoms with E-state index in [1.807, 2.05) is 28.8 Å². The Morgan fingerprint density at radius 2 is 1.90 bits per heavy atom. The van der Waals surface area contributed by atoms with E-state index in [1.54, 1.807) is 42.5 Å². The smallest absolute Gasteiger partial charge is 0.335 e. The summed E-state index contributed by atoms with van der Waals surface area (Å²) >= 11 is 5.82. The van der Waals surface area contributed by atoms with Crippen LogP contribution in [0.15, 0.2) is 78.9 Å². The molecular formula is C30H23ClFN3O5. The normalized spacial score (nSPS) is 14.6. The summed E-state index contributed by atoms with van der Waals surface area (Å²) in [6, 6.07) is 22.3. The number of carboxylic acid groups (broad SMARTS) is 1. The van der Waals surface area contributed by atoms with Crippen LogP contribution in [0.4, 0.5) is 4.39 Å². The van der Waals surface area contributed by atoms with Crippen molar-refractivity contribution < 1.29 is 28.5 Å². The molecule has 0 amide bonds. The average molecular weight is 560 g/mol. The van der Waals surface area contributed by atoms with E-state index < -0.39 is 11.8 Å². The van der Waals surface area contributed by atoms with E-state index in [2.05, 4.69) is 9.97 Å². The second-order valence-corrected chi connectivity index (χ2v) is 9.74. The summed E-state index contributed by atoms with van der Waals surface area (Å²) in [6.07, 6.45) is 0.934. The third kappa shape index (κ3) is 5.47. The van der Waals surface area contributed by atoms with Gasteiger partial charge in [0.15, 0.2) is 0 Å². The van der Waals surface area contributed by atoms with Crippen molar-refractivity contribution in [2.75, 3.05) is 6.61 Å². The summed E-state index contributed by atoms with van der Waals surface area (Å²) < 4.78 is 33.4. The zero-order chi connectivity index (χ0) is 27.6. The number of nitrogens with zero attached hydrogens (tertiary/aromatic N) is 3. The van der Waals surface area contributed by atoms with Crippen LogP contribution in [0.1, 0.15) is 22.3 Å². The average Bonchev–Trinajstić information content (AvgIpc) is 3.26. The molecule has 1 saturated heterocycles. The van der Waals surface area contributed by atoms with Gasteiger partial charge in [0.2, 0.25) is 5.88 Å². The number of halogens is 2. The third-order valence-electron chi connectivity index (χ3n) is 6.61. The lowest BCUT2D eigenvalue weighted by Gasteiger charge is -2.27. The molecule has 10 heteroatoms. The molecular weight excluding hydrogens is 537 g/mol. The van der Waals surface area contributed by atoms with Crippen LogP contribution in [0.3, 0.4) is 0 Å². The van der Waals surface area contributed by atoms with Crippen molar-refractivity contribution in [2.24, 2.45) is 0 Å². The van der Waals surface area contributed by atoms with Crippen LogP contribution in [0.25, 0.3) is 22.3 Å². The molecule has 3 heterocycles. The molecule has 3 aromatic carbocycles. The molecule has 2 aromatic heterocycles. The first-order valence-corrected chi connectivity index (χ1v) is 13.0. The topological polar surface area (TPSA) is 95.7 Å². The highest BCUT2D eigenvalue weighted by Gasteiger charge is 2.23. The predicted molar refractivity (Wildman–Crippen MR) is 147 cm³/mol. The van der Waals surface area contributed by atoms with Crippen molar-refractivity contribution in [2.45, 2.75) is 25.7 Å². The number of aromatic carboxylic acids is 1. The van der Waals surface area contributed by atoms with E-state index >= 15 is 0 Å². The highest BCUT2D eigenvalue weighted by atomic mass is 35.5. The van der Waals surface area contributed by atoms with Gasteiger partial charge in [0.25, 0.3) is 0 Å². The molecule has 8 nitrogen and oxygen atoms in total. The molecule has 0 spiro atoms. The van der Waals surface area contributed by atoms with E-state index in [-0.39, 0.29) is 18.3 Å². The maximum Gasteiger partial charge on any atom is 0.335 e. The molecule has 1 unspecified atom stereocenters. The Labute approximate surface area is 233 Å². The Kier molecular flexibility index (Phi) is 7.06. The fourth-order valence-electron chi connectivity index (χ4n) is 4.37. The minimum absolute atomic E-state index is 0.0207. The molecule has 5 aromatic rings. The predicted octanol–water partition coefficient (Wildman–Crippen LogP) is 6.75. The van der Waals surface area contributed by atoms with Crippen LogP contribution in [0.5, 0.6) is 17.6 Å². The second-order valence-electron chi connectivity index (χ2n) is 9.31. The Hall–Kier alpha value is -4.47. The number of carboxylic acids is 1. The highest BCUT2D eigenvalue weighted by molar-refractivity contribution is 6.30. The van der Waals surface area contributed by atoms with Gasteiger partial charge in [-0.3, -0.25) is 4.57 Å². The molecule has 0 radical (unpaired) electrons. The molecule has 1 N–H and O–H groups in total. The van der Waals surface area contributed by atoms with Crippen LogP contribution in [0.2, 0.25) is 5.02 Å². The molecule has 1 aliphatic heterocycles. The van der Waals surface area contributed by atoms with E-state index in [9.17, 15) is 14.3 Å². The number of hydrogen-bond acceptors (Lipinski definition) is 6. The highest BCUT2D eigenvalue weighted by Crippen LogP contribution is 2.30. The first-order valence-electron chi connectivity index (χ1n) is 12.6. The molecule has 6 rings (SSSR count). The number of aromatic nitrogens is 3. The lowest BCUT2D eigenvalue weighted by Crippen LogP contribution is -2.31. The van der Waals surface area contributed by atoms with E-state index in [4.69, 9.17) is 25.8 Å². The van der Waals surface area contributed by atoms with Gasteiger partial charge in [-0.2, -0.15) is 4.98 Å². The monoisotopic (exact) mass is 559 g/mol. The van der Waals surface area contributed by atoms with Crippen molar-refractivity contribution in [3.05, 3.63) is 101 Å². The first kappa shape index (κ1) is 25.8. The molecule has 40 heavy (non-hydrogen) atoms. The largest absolute Gasteiger partial charge is 0.478 e. The summed E-state index contributed by atoms with van der Waals surface area (Å²) in [5, 5.41) is 9.76. The zero-order valence-corrected chi connectivity index (χ0v) is 21.8. The van der Waals surface area contributed by atoms with Gasteiger partial charge in [0, 0.05) is 28.8 Å².